The van der Waals surface area contributed by atoms with Gasteiger partial charge in [0.2, 0.25) is 0 Å². The lowest BCUT2D eigenvalue weighted by Gasteiger charge is -2.00. The lowest BCUT2D eigenvalue weighted by Crippen LogP contribution is -2.31. The van der Waals surface area contributed by atoms with Gasteiger partial charge in [0.05, 0.1) is 12.6 Å². The maximum absolute atomic E-state index is 3.32. The molecule has 0 aliphatic rings. The van der Waals surface area contributed by atoms with Gasteiger partial charge in [0.15, 0.2) is 0 Å². The number of aryl methyl sites for hydroxylation is 1. The molecule has 0 radical (unpaired) electrons. The topological polar surface area (TPSA) is 19.7 Å². The Bertz CT molecular complexity index is 680. The number of nitrogens with one attached hydrogen (secondary N) is 1. The molecule has 0 bridgehead atoms. The second kappa shape index (κ2) is 3.74. The van der Waals surface area contributed by atoms with Crippen LogP contribution in [0.15, 0.2) is 48.7 Å². The highest BCUT2D eigenvalue weighted by atomic mass is 15.1. The zero-order chi connectivity index (χ0) is 11.8. The molecule has 0 aliphatic heterocycles. The second-order valence-electron chi connectivity index (χ2n) is 4.40. The summed E-state index contributed by atoms with van der Waals surface area (Å²) in [5.74, 6) is 1.15. The third-order valence-electron chi connectivity index (χ3n) is 3.31. The highest BCUT2D eigenvalue weighted by Gasteiger charge is 2.13. The third kappa shape index (κ3) is 1.62. The molecule has 1 N–H and O–H groups in total. The Morgan fingerprint density at radius 3 is 2.47 bits per heavy atom. The third-order valence-corrected chi connectivity index (χ3v) is 3.31. The SMILES string of the molecule is Cc1c[nH]c(-c2ccc3ccccc3c2)[n+]1C. The Morgan fingerprint density at radius 1 is 1.00 bits per heavy atom. The second-order valence-corrected chi connectivity index (χ2v) is 4.40. The van der Waals surface area contributed by atoms with Crippen LogP contribution >= 0.6 is 0 Å². The van der Waals surface area contributed by atoms with Gasteiger partial charge in [-0.3, -0.25) is 0 Å². The van der Waals surface area contributed by atoms with E-state index in [4.69, 9.17) is 0 Å². The molecule has 84 valence electrons. The lowest BCUT2D eigenvalue weighted by molar-refractivity contribution is -0.665. The van der Waals surface area contributed by atoms with Gasteiger partial charge >= 0.3 is 0 Å². The molecule has 0 saturated heterocycles. The normalized spacial score (nSPS) is 10.9. The molecule has 1 aromatic heterocycles. The number of imidazole rings is 1. The van der Waals surface area contributed by atoms with Crippen molar-refractivity contribution in [1.82, 2.24) is 4.98 Å². The molecule has 1 heterocycles. The van der Waals surface area contributed by atoms with Crippen molar-refractivity contribution in [1.29, 1.82) is 0 Å². The van der Waals surface area contributed by atoms with E-state index in [2.05, 4.69) is 66.0 Å². The number of rotatable bonds is 1. The molecule has 0 spiro atoms. The molecule has 0 saturated carbocycles. The molecule has 2 aromatic carbocycles. The fraction of sp³-hybridized carbons (Fsp3) is 0.133. The lowest BCUT2D eigenvalue weighted by atomic mass is 10.1. The minimum atomic E-state index is 1.15. The van der Waals surface area contributed by atoms with Crippen LogP contribution in [0.4, 0.5) is 0 Å². The van der Waals surface area contributed by atoms with Gasteiger partial charge in [0, 0.05) is 6.92 Å². The number of hydrogen-bond acceptors (Lipinski definition) is 0. The zero-order valence-electron chi connectivity index (χ0n) is 10.1. The van der Waals surface area contributed by atoms with Crippen molar-refractivity contribution < 1.29 is 4.57 Å². The number of hydrogen-bond donors (Lipinski definition) is 1. The van der Waals surface area contributed by atoms with E-state index >= 15 is 0 Å². The maximum atomic E-state index is 3.32. The Labute approximate surface area is 101 Å². The van der Waals surface area contributed by atoms with Crippen LogP contribution in [0.25, 0.3) is 22.2 Å². The Morgan fingerprint density at radius 2 is 1.76 bits per heavy atom. The van der Waals surface area contributed by atoms with Crippen molar-refractivity contribution in [2.75, 3.05) is 0 Å². The molecular formula is C15H15N2+. The summed E-state index contributed by atoms with van der Waals surface area (Å²) in [5, 5.41) is 2.56. The Balaban J connectivity index is 2.21. The zero-order valence-corrected chi connectivity index (χ0v) is 10.1. The number of aromatic amines is 1. The van der Waals surface area contributed by atoms with Crippen molar-refractivity contribution in [2.45, 2.75) is 6.92 Å². The van der Waals surface area contributed by atoms with Crippen LogP contribution in [0.5, 0.6) is 0 Å². The monoisotopic (exact) mass is 223 g/mol. The summed E-state index contributed by atoms with van der Waals surface area (Å²) in [6.45, 7) is 2.10. The predicted octanol–water partition coefficient (Wildman–Crippen LogP) is 2.97. The van der Waals surface area contributed by atoms with Crippen LogP contribution in [0.3, 0.4) is 0 Å². The van der Waals surface area contributed by atoms with E-state index in [1.807, 2.05) is 6.20 Å². The van der Waals surface area contributed by atoms with Gasteiger partial charge in [-0.2, -0.15) is 0 Å². The fourth-order valence-corrected chi connectivity index (χ4v) is 2.16. The molecule has 0 atom stereocenters. The largest absolute Gasteiger partial charge is 0.286 e. The summed E-state index contributed by atoms with van der Waals surface area (Å²) in [4.78, 5) is 3.32. The fourth-order valence-electron chi connectivity index (χ4n) is 2.16. The highest BCUT2D eigenvalue weighted by molar-refractivity contribution is 5.86. The van der Waals surface area contributed by atoms with Crippen LogP contribution in [-0.2, 0) is 7.05 Å². The number of aromatic nitrogens is 2. The van der Waals surface area contributed by atoms with Crippen molar-refractivity contribution in [2.24, 2.45) is 7.05 Å². The average molecular weight is 223 g/mol. The van der Waals surface area contributed by atoms with Crippen LogP contribution < -0.4 is 4.57 Å². The van der Waals surface area contributed by atoms with Gasteiger partial charge in [-0.15, -0.1) is 0 Å². The standard InChI is InChI=1S/C15H14N2/c1-11-10-16-15(17(11)2)14-8-7-12-5-3-4-6-13(12)9-14/h3-10H,1-2H3/p+1. The van der Waals surface area contributed by atoms with Gasteiger partial charge in [-0.05, 0) is 22.9 Å². The highest BCUT2D eigenvalue weighted by Crippen LogP contribution is 2.21. The molecular weight excluding hydrogens is 208 g/mol. The van der Waals surface area contributed by atoms with Crippen LogP contribution in [0.2, 0.25) is 0 Å². The molecule has 3 aromatic rings. The van der Waals surface area contributed by atoms with Crippen LogP contribution in [0, 0.1) is 6.92 Å². The number of H-pyrrole nitrogens is 1. The number of nitrogens with zero attached hydrogens (tertiary/aromatic N) is 1. The Hall–Kier alpha value is -2.09. The average Bonchev–Trinajstić information content (AvgIpc) is 2.70. The summed E-state index contributed by atoms with van der Waals surface area (Å²) in [6.07, 6.45) is 2.03. The number of fused-ring (bicyclic) bond motifs is 1. The van der Waals surface area contributed by atoms with E-state index in [9.17, 15) is 0 Å². The smallest absolute Gasteiger partial charge is 0.243 e. The van der Waals surface area contributed by atoms with E-state index in [0.29, 0.717) is 0 Å². The molecule has 2 heteroatoms. The van der Waals surface area contributed by atoms with E-state index in [1.54, 1.807) is 0 Å². The first-order chi connectivity index (χ1) is 8.25. The first kappa shape index (κ1) is 10.1. The van der Waals surface area contributed by atoms with Gasteiger partial charge in [-0.1, -0.05) is 30.3 Å². The molecule has 0 amide bonds. The van der Waals surface area contributed by atoms with Crippen LogP contribution in [-0.4, -0.2) is 4.98 Å². The predicted molar refractivity (Wildman–Crippen MR) is 69.6 cm³/mol. The Kier molecular flexibility index (Phi) is 2.22. The minimum absolute atomic E-state index is 1.15. The molecule has 0 unspecified atom stereocenters. The molecule has 17 heavy (non-hydrogen) atoms. The summed E-state index contributed by atoms with van der Waals surface area (Å²) in [6, 6.07) is 15.0. The maximum Gasteiger partial charge on any atom is 0.286 e. The first-order valence-electron chi connectivity index (χ1n) is 5.79. The van der Waals surface area contributed by atoms with E-state index in [-0.39, 0.29) is 0 Å². The molecule has 3 rings (SSSR count). The number of benzene rings is 2. The van der Waals surface area contributed by atoms with Crippen molar-refractivity contribution in [3.63, 3.8) is 0 Å². The molecule has 2 nitrogen and oxygen atoms in total. The van der Waals surface area contributed by atoms with Crippen LogP contribution in [0.1, 0.15) is 5.69 Å². The van der Waals surface area contributed by atoms with Crippen molar-refractivity contribution in [3.8, 4) is 11.4 Å². The molecule has 0 fully saturated rings. The minimum Gasteiger partial charge on any atom is -0.243 e. The molecule has 0 aliphatic carbocycles. The van der Waals surface area contributed by atoms with Gasteiger partial charge in [0.1, 0.15) is 11.9 Å². The quantitative estimate of drug-likeness (QED) is 0.612. The van der Waals surface area contributed by atoms with Gasteiger partial charge < -0.3 is 0 Å². The summed E-state index contributed by atoms with van der Waals surface area (Å²) >= 11 is 0. The van der Waals surface area contributed by atoms with Gasteiger partial charge in [-0.25, -0.2) is 9.55 Å². The van der Waals surface area contributed by atoms with Crippen molar-refractivity contribution >= 4 is 10.8 Å². The van der Waals surface area contributed by atoms with E-state index in [0.717, 1.165) is 5.82 Å². The van der Waals surface area contributed by atoms with Crippen molar-refractivity contribution in [3.05, 3.63) is 54.4 Å². The first-order valence-corrected chi connectivity index (χ1v) is 5.79. The van der Waals surface area contributed by atoms with E-state index in [1.165, 1.54) is 22.0 Å². The summed E-state index contributed by atoms with van der Waals surface area (Å²) < 4.78 is 2.17. The summed E-state index contributed by atoms with van der Waals surface area (Å²) in [5.41, 5.74) is 2.45. The van der Waals surface area contributed by atoms with E-state index < -0.39 is 0 Å². The van der Waals surface area contributed by atoms with Gasteiger partial charge in [0.25, 0.3) is 5.82 Å². The summed E-state index contributed by atoms with van der Waals surface area (Å²) in [7, 11) is 2.08.